The summed E-state index contributed by atoms with van der Waals surface area (Å²) in [6, 6.07) is 3.60. The largest absolute Gasteiger partial charge is 0.386 e. The van der Waals surface area contributed by atoms with Crippen LogP contribution in [0.3, 0.4) is 0 Å². The van der Waals surface area contributed by atoms with Gasteiger partial charge in [0.1, 0.15) is 0 Å². The van der Waals surface area contributed by atoms with E-state index >= 15 is 0 Å². The third kappa shape index (κ3) is 9.15. The van der Waals surface area contributed by atoms with E-state index in [9.17, 15) is 5.11 Å². The van der Waals surface area contributed by atoms with E-state index < -0.39 is 6.10 Å². The zero-order chi connectivity index (χ0) is 16.8. The van der Waals surface area contributed by atoms with Gasteiger partial charge in [-0.1, -0.05) is 13.3 Å². The Kier molecular flexibility index (Phi) is 10.8. The number of hydrogen-bond donors (Lipinski definition) is 3. The number of guanidine groups is 1. The molecule has 0 aliphatic heterocycles. The van der Waals surface area contributed by atoms with E-state index in [0.717, 1.165) is 51.1 Å². The summed E-state index contributed by atoms with van der Waals surface area (Å²) in [4.78, 5) is 8.37. The van der Waals surface area contributed by atoms with Crippen molar-refractivity contribution in [3.8, 4) is 0 Å². The summed E-state index contributed by atoms with van der Waals surface area (Å²) in [6.45, 7) is 7.66. The van der Waals surface area contributed by atoms with Gasteiger partial charge >= 0.3 is 0 Å². The minimum atomic E-state index is -0.620. The van der Waals surface area contributed by atoms with Crippen molar-refractivity contribution in [1.29, 1.82) is 0 Å². The number of nitrogens with one attached hydrogen (secondary N) is 2. The molecule has 0 saturated carbocycles. The van der Waals surface area contributed by atoms with E-state index in [2.05, 4.69) is 27.5 Å². The van der Waals surface area contributed by atoms with Crippen LogP contribution in [0.5, 0.6) is 0 Å². The predicted molar refractivity (Wildman–Crippen MR) is 93.5 cm³/mol. The summed E-state index contributed by atoms with van der Waals surface area (Å²) in [7, 11) is 0. The number of unbranched alkanes of at least 4 members (excludes halogenated alkanes) is 1. The highest BCUT2D eigenvalue weighted by atomic mass is 16.5. The van der Waals surface area contributed by atoms with Crippen molar-refractivity contribution in [2.45, 2.75) is 39.2 Å². The van der Waals surface area contributed by atoms with Crippen LogP contribution in [0.2, 0.25) is 0 Å². The normalized spacial score (nSPS) is 12.9. The van der Waals surface area contributed by atoms with Gasteiger partial charge in [0, 0.05) is 38.7 Å². The predicted octanol–water partition coefficient (Wildman–Crippen LogP) is 1.88. The zero-order valence-electron chi connectivity index (χ0n) is 14.3. The lowest BCUT2D eigenvalue weighted by molar-refractivity contribution is 0.129. The second kappa shape index (κ2) is 12.8. The lowest BCUT2D eigenvalue weighted by Gasteiger charge is -2.13. The average Bonchev–Trinajstić information content (AvgIpc) is 2.59. The molecule has 0 aliphatic carbocycles. The number of pyridine rings is 1. The smallest absolute Gasteiger partial charge is 0.191 e. The van der Waals surface area contributed by atoms with Gasteiger partial charge < -0.3 is 20.5 Å². The number of nitrogens with zero attached hydrogens (tertiary/aromatic N) is 2. The third-order valence-electron chi connectivity index (χ3n) is 3.26. The van der Waals surface area contributed by atoms with Crippen molar-refractivity contribution in [2.75, 3.05) is 32.8 Å². The minimum absolute atomic E-state index is 0.312. The number of rotatable bonds is 11. The zero-order valence-corrected chi connectivity index (χ0v) is 14.3. The maximum atomic E-state index is 10.1. The van der Waals surface area contributed by atoms with Gasteiger partial charge in [0.05, 0.1) is 12.6 Å². The molecule has 1 unspecified atom stereocenters. The Bertz CT molecular complexity index is 426. The number of aliphatic hydroxyl groups excluding tert-OH is 1. The summed E-state index contributed by atoms with van der Waals surface area (Å²) in [5.41, 5.74) is 0.823. The molecule has 130 valence electrons. The monoisotopic (exact) mass is 322 g/mol. The standard InChI is InChI=1S/C17H30N4O2/c1-3-5-12-23-13-6-9-20-17(19-4-2)21-14-16(22)15-7-10-18-11-8-15/h7-8,10-11,16,22H,3-6,9,12-14H2,1-2H3,(H2,19,20,21). The second-order valence-corrected chi connectivity index (χ2v) is 5.26. The van der Waals surface area contributed by atoms with Crippen molar-refractivity contribution >= 4 is 5.96 Å². The van der Waals surface area contributed by atoms with E-state index in [4.69, 9.17) is 4.74 Å². The molecule has 3 N–H and O–H groups in total. The summed E-state index contributed by atoms with van der Waals surface area (Å²) in [5, 5.41) is 16.5. The Morgan fingerprint density at radius 2 is 1.96 bits per heavy atom. The summed E-state index contributed by atoms with van der Waals surface area (Å²) in [6.07, 6.45) is 5.93. The van der Waals surface area contributed by atoms with E-state index in [1.807, 2.05) is 6.92 Å². The molecule has 6 heteroatoms. The van der Waals surface area contributed by atoms with Gasteiger partial charge in [0.25, 0.3) is 0 Å². The molecule has 23 heavy (non-hydrogen) atoms. The maximum Gasteiger partial charge on any atom is 0.191 e. The molecule has 0 fully saturated rings. The van der Waals surface area contributed by atoms with Crippen LogP contribution < -0.4 is 10.6 Å². The van der Waals surface area contributed by atoms with Crippen molar-refractivity contribution in [3.05, 3.63) is 30.1 Å². The summed E-state index contributed by atoms with van der Waals surface area (Å²) >= 11 is 0. The first-order valence-electron chi connectivity index (χ1n) is 8.45. The Hall–Kier alpha value is -1.66. The van der Waals surface area contributed by atoms with Crippen molar-refractivity contribution in [1.82, 2.24) is 15.6 Å². The van der Waals surface area contributed by atoms with E-state index in [1.165, 1.54) is 0 Å². The van der Waals surface area contributed by atoms with Crippen LogP contribution >= 0.6 is 0 Å². The van der Waals surface area contributed by atoms with Gasteiger partial charge in [-0.3, -0.25) is 9.98 Å². The fourth-order valence-electron chi connectivity index (χ4n) is 1.94. The van der Waals surface area contributed by atoms with Crippen molar-refractivity contribution in [3.63, 3.8) is 0 Å². The van der Waals surface area contributed by atoms with Crippen LogP contribution in [0.25, 0.3) is 0 Å². The first-order valence-corrected chi connectivity index (χ1v) is 8.45. The topological polar surface area (TPSA) is 78.8 Å². The quantitative estimate of drug-likeness (QED) is 0.329. The van der Waals surface area contributed by atoms with E-state index in [1.54, 1.807) is 24.5 Å². The Balaban J connectivity index is 2.29. The van der Waals surface area contributed by atoms with Crippen LogP contribution in [-0.2, 0) is 4.74 Å². The van der Waals surface area contributed by atoms with Gasteiger partial charge in [-0.2, -0.15) is 0 Å². The van der Waals surface area contributed by atoms with Crippen molar-refractivity contribution in [2.24, 2.45) is 4.99 Å². The molecule has 6 nitrogen and oxygen atoms in total. The first kappa shape index (κ1) is 19.4. The molecular weight excluding hydrogens is 292 g/mol. The Morgan fingerprint density at radius 1 is 1.22 bits per heavy atom. The molecular formula is C17H30N4O2. The lowest BCUT2D eigenvalue weighted by Crippen LogP contribution is -2.38. The fourth-order valence-corrected chi connectivity index (χ4v) is 1.94. The fraction of sp³-hybridized carbons (Fsp3) is 0.647. The van der Waals surface area contributed by atoms with Crippen LogP contribution in [-0.4, -0.2) is 48.9 Å². The van der Waals surface area contributed by atoms with Crippen molar-refractivity contribution < 1.29 is 9.84 Å². The number of aliphatic imine (C=N–C) groups is 1. The molecule has 1 atom stereocenters. The average molecular weight is 322 g/mol. The molecule has 0 aromatic carbocycles. The van der Waals surface area contributed by atoms with Gasteiger partial charge in [-0.05, 0) is 37.5 Å². The van der Waals surface area contributed by atoms with Crippen LogP contribution in [0, 0.1) is 0 Å². The third-order valence-corrected chi connectivity index (χ3v) is 3.26. The summed E-state index contributed by atoms with van der Waals surface area (Å²) in [5.74, 6) is 0.717. The number of aliphatic hydroxyl groups is 1. The Labute approximate surface area is 139 Å². The van der Waals surface area contributed by atoms with Gasteiger partial charge in [-0.25, -0.2) is 0 Å². The minimum Gasteiger partial charge on any atom is -0.386 e. The van der Waals surface area contributed by atoms with Gasteiger partial charge in [-0.15, -0.1) is 0 Å². The molecule has 1 aromatic heterocycles. The SMILES string of the molecule is CCCCOCCCNC(=NCC(O)c1ccncc1)NCC. The highest BCUT2D eigenvalue weighted by Gasteiger charge is 2.06. The highest BCUT2D eigenvalue weighted by Crippen LogP contribution is 2.10. The van der Waals surface area contributed by atoms with Gasteiger partial charge in [0.2, 0.25) is 0 Å². The second-order valence-electron chi connectivity index (χ2n) is 5.26. The maximum absolute atomic E-state index is 10.1. The summed E-state index contributed by atoms with van der Waals surface area (Å²) < 4.78 is 5.53. The molecule has 0 spiro atoms. The molecule has 0 bridgehead atoms. The molecule has 0 amide bonds. The van der Waals surface area contributed by atoms with Crippen LogP contribution in [0.15, 0.2) is 29.5 Å². The molecule has 0 saturated heterocycles. The molecule has 1 rings (SSSR count). The number of aromatic nitrogens is 1. The lowest BCUT2D eigenvalue weighted by atomic mass is 10.1. The molecule has 1 heterocycles. The number of hydrogen-bond acceptors (Lipinski definition) is 4. The molecule has 0 radical (unpaired) electrons. The van der Waals surface area contributed by atoms with Crippen LogP contribution in [0.1, 0.15) is 44.8 Å². The molecule has 0 aliphatic rings. The highest BCUT2D eigenvalue weighted by molar-refractivity contribution is 5.79. The Morgan fingerprint density at radius 3 is 2.65 bits per heavy atom. The van der Waals surface area contributed by atoms with Gasteiger partial charge in [0.15, 0.2) is 5.96 Å². The first-order chi connectivity index (χ1) is 11.3. The molecule has 1 aromatic rings. The van der Waals surface area contributed by atoms with Crippen LogP contribution in [0.4, 0.5) is 0 Å². The number of ether oxygens (including phenoxy) is 1. The van der Waals surface area contributed by atoms with E-state index in [0.29, 0.717) is 12.5 Å². The van der Waals surface area contributed by atoms with E-state index in [-0.39, 0.29) is 0 Å².